The van der Waals surface area contributed by atoms with E-state index in [9.17, 15) is 0 Å². The maximum absolute atomic E-state index is 5.97. The quantitative estimate of drug-likeness (QED) is 0.755. The van der Waals surface area contributed by atoms with Crippen LogP contribution in [0.1, 0.15) is 50.9 Å². The number of halogens is 1. The highest BCUT2D eigenvalue weighted by atomic mass is 35.5. The molecule has 0 saturated heterocycles. The first-order valence-electron chi connectivity index (χ1n) is 7.44. The van der Waals surface area contributed by atoms with Gasteiger partial charge in [0.1, 0.15) is 0 Å². The average Bonchev–Trinajstić information content (AvgIpc) is 2.45. The van der Waals surface area contributed by atoms with Crippen molar-refractivity contribution < 1.29 is 0 Å². The Hall–Kier alpha value is -1.31. The first kappa shape index (κ1) is 16.1. The standard InChI is InChI=1S/C19H24ClN/c1-14(15-10-12-17(20)13-11-15)21-18(19(2,3)4)16-8-6-5-7-9-16/h5-14,18,21H,1-4H3. The van der Waals surface area contributed by atoms with Gasteiger partial charge in [-0.15, -0.1) is 0 Å². The fourth-order valence-corrected chi connectivity index (χ4v) is 2.72. The third-order valence-corrected chi connectivity index (χ3v) is 4.04. The van der Waals surface area contributed by atoms with Crippen molar-refractivity contribution >= 4 is 11.6 Å². The lowest BCUT2D eigenvalue weighted by Gasteiger charge is -2.34. The lowest BCUT2D eigenvalue weighted by molar-refractivity contribution is 0.254. The molecule has 0 aliphatic rings. The fourth-order valence-electron chi connectivity index (χ4n) is 2.59. The van der Waals surface area contributed by atoms with Crippen LogP contribution in [-0.4, -0.2) is 0 Å². The van der Waals surface area contributed by atoms with Gasteiger partial charge in [-0.25, -0.2) is 0 Å². The average molecular weight is 302 g/mol. The number of nitrogens with one attached hydrogen (secondary N) is 1. The molecule has 2 heteroatoms. The topological polar surface area (TPSA) is 12.0 Å². The third kappa shape index (κ3) is 4.33. The van der Waals surface area contributed by atoms with Crippen molar-refractivity contribution in [3.8, 4) is 0 Å². The summed E-state index contributed by atoms with van der Waals surface area (Å²) < 4.78 is 0. The molecular formula is C19H24ClN. The van der Waals surface area contributed by atoms with E-state index in [2.05, 4.69) is 75.5 Å². The SMILES string of the molecule is CC(NC(c1ccccc1)C(C)(C)C)c1ccc(Cl)cc1. The Morgan fingerprint density at radius 1 is 0.857 bits per heavy atom. The van der Waals surface area contributed by atoms with E-state index in [0.29, 0.717) is 6.04 Å². The zero-order valence-electron chi connectivity index (χ0n) is 13.2. The van der Waals surface area contributed by atoms with Crippen LogP contribution in [0.15, 0.2) is 54.6 Å². The minimum absolute atomic E-state index is 0.141. The molecule has 2 atom stereocenters. The van der Waals surface area contributed by atoms with E-state index >= 15 is 0 Å². The second-order valence-corrected chi connectivity index (χ2v) is 7.09. The predicted molar refractivity (Wildman–Crippen MR) is 91.6 cm³/mol. The van der Waals surface area contributed by atoms with Crippen LogP contribution < -0.4 is 5.32 Å². The van der Waals surface area contributed by atoms with Gasteiger partial charge in [0.25, 0.3) is 0 Å². The summed E-state index contributed by atoms with van der Waals surface area (Å²) in [4.78, 5) is 0. The van der Waals surface area contributed by atoms with Crippen LogP contribution in [0.5, 0.6) is 0 Å². The Labute approximate surface area is 133 Å². The minimum Gasteiger partial charge on any atom is -0.303 e. The second kappa shape index (κ2) is 6.64. The maximum atomic E-state index is 5.97. The largest absolute Gasteiger partial charge is 0.303 e. The molecule has 112 valence electrons. The molecule has 0 spiro atoms. The number of hydrogen-bond acceptors (Lipinski definition) is 1. The number of rotatable bonds is 4. The highest BCUT2D eigenvalue weighted by Gasteiger charge is 2.27. The van der Waals surface area contributed by atoms with Gasteiger partial charge in [0.05, 0.1) is 0 Å². The summed E-state index contributed by atoms with van der Waals surface area (Å²) in [6.07, 6.45) is 0. The summed E-state index contributed by atoms with van der Waals surface area (Å²) in [5.41, 5.74) is 2.72. The van der Waals surface area contributed by atoms with Crippen LogP contribution in [0.25, 0.3) is 0 Å². The highest BCUT2D eigenvalue weighted by Crippen LogP contribution is 2.34. The van der Waals surface area contributed by atoms with Gasteiger partial charge < -0.3 is 5.32 Å². The van der Waals surface area contributed by atoms with Crippen LogP contribution in [0.4, 0.5) is 0 Å². The molecule has 2 unspecified atom stereocenters. The van der Waals surface area contributed by atoms with Crippen molar-refractivity contribution in [1.29, 1.82) is 0 Å². The van der Waals surface area contributed by atoms with Gasteiger partial charge in [-0.2, -0.15) is 0 Å². The number of benzene rings is 2. The van der Waals surface area contributed by atoms with Crippen LogP contribution in [0, 0.1) is 5.41 Å². The molecular weight excluding hydrogens is 278 g/mol. The Morgan fingerprint density at radius 3 is 1.95 bits per heavy atom. The molecule has 0 heterocycles. The van der Waals surface area contributed by atoms with Crippen molar-refractivity contribution in [2.24, 2.45) is 5.41 Å². The van der Waals surface area contributed by atoms with Crippen LogP contribution >= 0.6 is 11.6 Å². The zero-order chi connectivity index (χ0) is 15.5. The van der Waals surface area contributed by atoms with Gasteiger partial charge >= 0.3 is 0 Å². The fraction of sp³-hybridized carbons (Fsp3) is 0.368. The minimum atomic E-state index is 0.141. The van der Waals surface area contributed by atoms with Gasteiger partial charge in [0.2, 0.25) is 0 Å². The Kier molecular flexibility index (Phi) is 5.08. The molecule has 0 fully saturated rings. The maximum Gasteiger partial charge on any atom is 0.0406 e. The van der Waals surface area contributed by atoms with E-state index in [1.54, 1.807) is 0 Å². The lowest BCUT2D eigenvalue weighted by atomic mass is 9.81. The molecule has 0 amide bonds. The predicted octanol–water partition coefficient (Wildman–Crippen LogP) is 5.78. The molecule has 0 aliphatic carbocycles. The summed E-state index contributed by atoms with van der Waals surface area (Å²) in [6.45, 7) is 9.01. The van der Waals surface area contributed by atoms with Crippen molar-refractivity contribution in [2.75, 3.05) is 0 Å². The summed E-state index contributed by atoms with van der Waals surface area (Å²) >= 11 is 5.97. The molecule has 2 aromatic carbocycles. The van der Waals surface area contributed by atoms with E-state index in [-0.39, 0.29) is 11.5 Å². The van der Waals surface area contributed by atoms with Gasteiger partial charge in [-0.1, -0.05) is 74.8 Å². The Bertz CT molecular complexity index is 554. The third-order valence-electron chi connectivity index (χ3n) is 3.79. The van der Waals surface area contributed by atoms with Gasteiger partial charge in [0, 0.05) is 17.1 Å². The monoisotopic (exact) mass is 301 g/mol. The highest BCUT2D eigenvalue weighted by molar-refractivity contribution is 6.30. The molecule has 0 saturated carbocycles. The number of hydrogen-bond donors (Lipinski definition) is 1. The van der Waals surface area contributed by atoms with Crippen molar-refractivity contribution in [1.82, 2.24) is 5.32 Å². The Balaban J connectivity index is 2.21. The normalized spacial score (nSPS) is 14.7. The van der Waals surface area contributed by atoms with Crippen LogP contribution in [-0.2, 0) is 0 Å². The molecule has 21 heavy (non-hydrogen) atoms. The van der Waals surface area contributed by atoms with E-state index in [4.69, 9.17) is 11.6 Å². The lowest BCUT2D eigenvalue weighted by Crippen LogP contribution is -2.34. The summed E-state index contributed by atoms with van der Waals surface area (Å²) in [7, 11) is 0. The molecule has 0 bridgehead atoms. The van der Waals surface area contributed by atoms with Crippen LogP contribution in [0.2, 0.25) is 5.02 Å². The van der Waals surface area contributed by atoms with Gasteiger partial charge in [-0.05, 0) is 35.6 Å². The second-order valence-electron chi connectivity index (χ2n) is 6.65. The summed E-state index contributed by atoms with van der Waals surface area (Å²) in [5, 5.41) is 4.54. The van der Waals surface area contributed by atoms with E-state index < -0.39 is 0 Å². The molecule has 1 N–H and O–H groups in total. The smallest absolute Gasteiger partial charge is 0.0406 e. The summed E-state index contributed by atoms with van der Waals surface area (Å²) in [5.74, 6) is 0. The van der Waals surface area contributed by atoms with E-state index in [1.165, 1.54) is 11.1 Å². The molecule has 2 rings (SSSR count). The van der Waals surface area contributed by atoms with Gasteiger partial charge in [0.15, 0.2) is 0 Å². The van der Waals surface area contributed by atoms with Crippen molar-refractivity contribution in [3.63, 3.8) is 0 Å². The summed E-state index contributed by atoms with van der Waals surface area (Å²) in [6, 6.07) is 19.3. The first-order valence-corrected chi connectivity index (χ1v) is 7.82. The molecule has 0 radical (unpaired) electrons. The zero-order valence-corrected chi connectivity index (χ0v) is 14.0. The molecule has 1 nitrogen and oxygen atoms in total. The molecule has 0 aromatic heterocycles. The molecule has 0 aliphatic heterocycles. The van der Waals surface area contributed by atoms with Crippen molar-refractivity contribution in [2.45, 2.75) is 39.8 Å². The molecule has 2 aromatic rings. The van der Waals surface area contributed by atoms with Gasteiger partial charge in [-0.3, -0.25) is 0 Å². The van der Waals surface area contributed by atoms with E-state index in [1.807, 2.05) is 12.1 Å². The first-order chi connectivity index (χ1) is 9.88. The van der Waals surface area contributed by atoms with E-state index in [0.717, 1.165) is 5.02 Å². The van der Waals surface area contributed by atoms with Crippen molar-refractivity contribution in [3.05, 3.63) is 70.7 Å². The van der Waals surface area contributed by atoms with Crippen LogP contribution in [0.3, 0.4) is 0 Å². The Morgan fingerprint density at radius 2 is 1.43 bits per heavy atom.